The highest BCUT2D eigenvalue weighted by Crippen LogP contribution is 2.26. The van der Waals surface area contributed by atoms with Gasteiger partial charge in [0.25, 0.3) is 0 Å². The Kier molecular flexibility index (Phi) is 9.52. The molecule has 0 atom stereocenters. The molecule has 0 aliphatic carbocycles. The van der Waals surface area contributed by atoms with E-state index in [1.165, 1.54) is 17.7 Å². The van der Waals surface area contributed by atoms with Crippen molar-refractivity contribution in [2.45, 2.75) is 46.1 Å². The maximum atomic E-state index is 13.3. The van der Waals surface area contributed by atoms with Crippen LogP contribution in [0.25, 0.3) is 17.2 Å². The van der Waals surface area contributed by atoms with E-state index in [1.807, 2.05) is 67.6 Å². The van der Waals surface area contributed by atoms with E-state index in [-0.39, 0.29) is 12.2 Å². The van der Waals surface area contributed by atoms with Gasteiger partial charge in [-0.3, -0.25) is 4.79 Å². The Hall–Kier alpha value is -4.38. The summed E-state index contributed by atoms with van der Waals surface area (Å²) in [5, 5.41) is 8.85. The molecular weight excluding hydrogens is 491 g/mol. The molecule has 0 fully saturated rings. The molecule has 0 amide bonds. The maximum Gasteiger partial charge on any atom is 0.303 e. The molecule has 0 saturated heterocycles. The van der Waals surface area contributed by atoms with E-state index in [4.69, 9.17) is 14.6 Å². The molecular formula is C34H33FO4. The highest BCUT2D eigenvalue weighted by atomic mass is 19.1. The average Bonchev–Trinajstić information content (AvgIpc) is 2.96. The first-order valence-corrected chi connectivity index (χ1v) is 13.2. The van der Waals surface area contributed by atoms with Gasteiger partial charge in [0.2, 0.25) is 0 Å². The van der Waals surface area contributed by atoms with E-state index in [0.29, 0.717) is 13.0 Å². The monoisotopic (exact) mass is 524 g/mol. The number of aliphatic carboxylic acids is 1. The van der Waals surface area contributed by atoms with Gasteiger partial charge in [0.05, 0.1) is 0 Å². The zero-order valence-electron chi connectivity index (χ0n) is 22.3. The lowest BCUT2D eigenvalue weighted by Crippen LogP contribution is -2.00. The summed E-state index contributed by atoms with van der Waals surface area (Å²) < 4.78 is 25.4. The molecule has 4 nitrogen and oxygen atoms in total. The molecule has 0 unspecified atom stereocenters. The van der Waals surface area contributed by atoms with Gasteiger partial charge < -0.3 is 14.6 Å². The van der Waals surface area contributed by atoms with Crippen molar-refractivity contribution in [3.63, 3.8) is 0 Å². The van der Waals surface area contributed by atoms with Crippen LogP contribution >= 0.6 is 0 Å². The third-order valence-electron chi connectivity index (χ3n) is 6.52. The number of halogens is 1. The Morgan fingerprint density at radius 3 is 2.13 bits per heavy atom. The normalized spacial score (nSPS) is 11.3. The summed E-state index contributed by atoms with van der Waals surface area (Å²) in [5.41, 5.74) is 6.37. The van der Waals surface area contributed by atoms with Crippen LogP contribution in [-0.2, 0) is 24.2 Å². The molecule has 4 rings (SSSR count). The first kappa shape index (κ1) is 27.6. The molecule has 1 N–H and O–H groups in total. The summed E-state index contributed by atoms with van der Waals surface area (Å²) in [6.07, 6.45) is 4.24. The molecule has 0 aliphatic heterocycles. The van der Waals surface area contributed by atoms with Crippen LogP contribution in [0.15, 0.2) is 96.8 Å². The van der Waals surface area contributed by atoms with Crippen molar-refractivity contribution in [3.8, 4) is 22.6 Å². The zero-order valence-corrected chi connectivity index (χ0v) is 22.3. The smallest absolute Gasteiger partial charge is 0.303 e. The van der Waals surface area contributed by atoms with Crippen LogP contribution in [0.5, 0.6) is 11.5 Å². The molecule has 0 aliphatic rings. The summed E-state index contributed by atoms with van der Waals surface area (Å²) in [5.74, 6) is 1.28. The van der Waals surface area contributed by atoms with Crippen molar-refractivity contribution in [1.29, 1.82) is 0 Å². The predicted octanol–water partition coefficient (Wildman–Crippen LogP) is 8.48. The van der Waals surface area contributed by atoms with Crippen LogP contribution < -0.4 is 9.47 Å². The number of carboxylic acids is 1. The topological polar surface area (TPSA) is 55.8 Å². The third kappa shape index (κ3) is 8.05. The van der Waals surface area contributed by atoms with Crippen molar-refractivity contribution in [2.75, 3.05) is 0 Å². The summed E-state index contributed by atoms with van der Waals surface area (Å²) in [4.78, 5) is 10.8. The van der Waals surface area contributed by atoms with Crippen molar-refractivity contribution in [1.82, 2.24) is 0 Å². The number of carboxylic acid groups (broad SMARTS) is 1. The Morgan fingerprint density at radius 1 is 0.821 bits per heavy atom. The fraction of sp³-hybridized carbons (Fsp3) is 0.206. The Bertz CT molecular complexity index is 1410. The van der Waals surface area contributed by atoms with Crippen LogP contribution in [0.3, 0.4) is 0 Å². The molecule has 4 aromatic rings. The van der Waals surface area contributed by atoms with Gasteiger partial charge in [-0.2, -0.15) is 0 Å². The van der Waals surface area contributed by atoms with Crippen LogP contribution in [0.4, 0.5) is 4.39 Å². The second-order valence-corrected chi connectivity index (χ2v) is 9.31. The van der Waals surface area contributed by atoms with Crippen molar-refractivity contribution < 1.29 is 23.8 Å². The number of aryl methyl sites for hydroxylation is 2. The Morgan fingerprint density at radius 2 is 1.49 bits per heavy atom. The minimum Gasteiger partial charge on any atom is -0.489 e. The van der Waals surface area contributed by atoms with E-state index >= 15 is 0 Å². The SMILES string of the molecule is CC/C(=C\c1ccc(CCC(=O)O)cc1)Oc1ccc(OCc2ccc(-c3ccc(F)cc3)cc2CC)cc1. The van der Waals surface area contributed by atoms with E-state index in [0.717, 1.165) is 57.9 Å². The number of hydrogen-bond donors (Lipinski definition) is 1. The van der Waals surface area contributed by atoms with Gasteiger partial charge in [0.15, 0.2) is 0 Å². The van der Waals surface area contributed by atoms with E-state index in [2.05, 4.69) is 19.1 Å². The van der Waals surface area contributed by atoms with Gasteiger partial charge >= 0.3 is 5.97 Å². The quantitative estimate of drug-likeness (QED) is 0.189. The van der Waals surface area contributed by atoms with Gasteiger partial charge in [-0.1, -0.05) is 68.4 Å². The summed E-state index contributed by atoms with van der Waals surface area (Å²) in [7, 11) is 0. The van der Waals surface area contributed by atoms with Crippen LogP contribution in [0.1, 0.15) is 48.9 Å². The molecule has 4 aromatic carbocycles. The lowest BCUT2D eigenvalue weighted by Gasteiger charge is -2.13. The molecule has 5 heteroatoms. The van der Waals surface area contributed by atoms with Gasteiger partial charge in [0, 0.05) is 12.8 Å². The van der Waals surface area contributed by atoms with Gasteiger partial charge in [-0.25, -0.2) is 4.39 Å². The lowest BCUT2D eigenvalue weighted by atomic mass is 9.98. The number of ether oxygens (including phenoxy) is 2. The fourth-order valence-electron chi connectivity index (χ4n) is 4.26. The average molecular weight is 525 g/mol. The van der Waals surface area contributed by atoms with Crippen LogP contribution in [0.2, 0.25) is 0 Å². The van der Waals surface area contributed by atoms with Crippen molar-refractivity contribution in [2.24, 2.45) is 0 Å². The second-order valence-electron chi connectivity index (χ2n) is 9.31. The number of carbonyl (C=O) groups is 1. The van der Waals surface area contributed by atoms with E-state index in [1.54, 1.807) is 12.1 Å². The molecule has 0 heterocycles. The molecule has 0 radical (unpaired) electrons. The molecule has 39 heavy (non-hydrogen) atoms. The fourth-order valence-corrected chi connectivity index (χ4v) is 4.26. The number of hydrogen-bond acceptors (Lipinski definition) is 3. The van der Waals surface area contributed by atoms with Crippen molar-refractivity contribution in [3.05, 3.63) is 125 Å². The molecule has 0 spiro atoms. The standard InChI is InChI=1S/C34H33FO4/c1-3-26-22-28(27-12-14-30(35)15-13-27)10-11-29(26)23-38-32-16-18-33(19-17-32)39-31(4-2)21-25-7-5-24(6-8-25)9-20-34(36)37/h5-8,10-19,21-22H,3-4,9,20,23H2,1-2H3,(H,36,37)/b31-21+. The molecule has 0 saturated carbocycles. The Labute approximate surface area is 229 Å². The molecule has 0 bridgehead atoms. The number of allylic oxidation sites excluding steroid dienone is 1. The summed E-state index contributed by atoms with van der Waals surface area (Å²) in [6, 6.07) is 28.3. The minimum atomic E-state index is -0.792. The lowest BCUT2D eigenvalue weighted by molar-refractivity contribution is -0.136. The zero-order chi connectivity index (χ0) is 27.6. The van der Waals surface area contributed by atoms with Crippen LogP contribution in [-0.4, -0.2) is 11.1 Å². The predicted molar refractivity (Wildman–Crippen MR) is 153 cm³/mol. The first-order chi connectivity index (χ1) is 18.9. The van der Waals surface area contributed by atoms with E-state index < -0.39 is 5.97 Å². The third-order valence-corrected chi connectivity index (χ3v) is 6.52. The first-order valence-electron chi connectivity index (χ1n) is 13.2. The van der Waals surface area contributed by atoms with Gasteiger partial charge in [0.1, 0.15) is 29.7 Å². The molecule has 0 aromatic heterocycles. The summed E-state index contributed by atoms with van der Waals surface area (Å²) >= 11 is 0. The summed E-state index contributed by atoms with van der Waals surface area (Å²) in [6.45, 7) is 4.61. The second kappa shape index (κ2) is 13.4. The Balaban J connectivity index is 1.35. The number of rotatable bonds is 12. The largest absolute Gasteiger partial charge is 0.489 e. The highest BCUT2D eigenvalue weighted by molar-refractivity contribution is 5.67. The van der Waals surface area contributed by atoms with Crippen molar-refractivity contribution >= 4 is 12.0 Å². The highest BCUT2D eigenvalue weighted by Gasteiger charge is 2.07. The minimum absolute atomic E-state index is 0.127. The van der Waals surface area contributed by atoms with Gasteiger partial charge in [-0.15, -0.1) is 0 Å². The van der Waals surface area contributed by atoms with E-state index in [9.17, 15) is 9.18 Å². The van der Waals surface area contributed by atoms with Gasteiger partial charge in [-0.05, 0) is 88.7 Å². The number of benzene rings is 4. The van der Waals surface area contributed by atoms with Crippen LogP contribution in [0, 0.1) is 5.82 Å². The maximum absolute atomic E-state index is 13.3. The molecule has 200 valence electrons.